The molecule has 1 atom stereocenters. The highest BCUT2D eigenvalue weighted by Gasteiger charge is 2.25. The van der Waals surface area contributed by atoms with E-state index in [0.29, 0.717) is 12.0 Å². The molecule has 30 heavy (non-hydrogen) atoms. The Morgan fingerprint density at radius 1 is 1.17 bits per heavy atom. The molecule has 1 saturated heterocycles. The van der Waals surface area contributed by atoms with E-state index in [9.17, 15) is 4.79 Å². The van der Waals surface area contributed by atoms with E-state index < -0.39 is 0 Å². The highest BCUT2D eigenvalue weighted by Crippen LogP contribution is 2.13. The van der Waals surface area contributed by atoms with Gasteiger partial charge in [-0.05, 0) is 37.1 Å². The Kier molecular flexibility index (Phi) is 9.59. The second kappa shape index (κ2) is 11.9. The number of hydrogen-bond donors (Lipinski definition) is 2. The first-order valence-corrected chi connectivity index (χ1v) is 11.0. The van der Waals surface area contributed by atoms with Crippen LogP contribution in [0.5, 0.6) is 0 Å². The van der Waals surface area contributed by atoms with E-state index in [1.54, 1.807) is 19.0 Å². The fourth-order valence-electron chi connectivity index (χ4n) is 3.81. The van der Waals surface area contributed by atoms with Gasteiger partial charge in [-0.3, -0.25) is 14.7 Å². The number of guanidine groups is 1. The average molecular weight is 417 g/mol. The molecule has 7 heteroatoms. The molecule has 0 spiro atoms. The molecule has 1 aliphatic rings. The number of rotatable bonds is 8. The van der Waals surface area contributed by atoms with E-state index in [2.05, 4.69) is 52.4 Å². The molecule has 0 radical (unpaired) electrons. The van der Waals surface area contributed by atoms with Crippen LogP contribution in [0.4, 0.5) is 0 Å². The lowest BCUT2D eigenvalue weighted by Crippen LogP contribution is -2.55. The Morgan fingerprint density at radius 3 is 2.47 bits per heavy atom. The zero-order valence-electron chi connectivity index (χ0n) is 19.6. The van der Waals surface area contributed by atoms with Gasteiger partial charge in [0.15, 0.2) is 5.96 Å². The van der Waals surface area contributed by atoms with Gasteiger partial charge in [0, 0.05) is 72.0 Å². The summed E-state index contributed by atoms with van der Waals surface area (Å²) >= 11 is 0. The van der Waals surface area contributed by atoms with Crippen LogP contribution in [0.25, 0.3) is 0 Å². The van der Waals surface area contributed by atoms with Crippen LogP contribution >= 0.6 is 0 Å². The first-order valence-electron chi connectivity index (χ1n) is 11.0. The topological polar surface area (TPSA) is 63.2 Å². The number of benzene rings is 1. The van der Waals surface area contributed by atoms with Crippen molar-refractivity contribution in [2.75, 3.05) is 67.5 Å². The maximum absolute atomic E-state index is 12.2. The molecule has 1 unspecified atom stereocenters. The van der Waals surface area contributed by atoms with E-state index >= 15 is 0 Å². The standard InChI is InChI=1S/C23H40N6O/c1-18(2)21(29-14-12-28(6)13-15-29)17-26-23(24-3)25-11-10-19-8-7-9-20(16-19)22(30)27(4)5/h7-9,16,18,21H,10-15,17H2,1-6H3,(H2,24,25,26). The third-order valence-electron chi connectivity index (χ3n) is 5.76. The predicted octanol–water partition coefficient (Wildman–Crippen LogP) is 1.37. The molecule has 2 N–H and O–H groups in total. The molecule has 1 aromatic rings. The van der Waals surface area contributed by atoms with E-state index in [0.717, 1.165) is 62.8 Å². The van der Waals surface area contributed by atoms with Crippen molar-refractivity contribution in [1.82, 2.24) is 25.3 Å². The predicted molar refractivity (Wildman–Crippen MR) is 125 cm³/mol. The highest BCUT2D eigenvalue weighted by molar-refractivity contribution is 5.94. The summed E-state index contributed by atoms with van der Waals surface area (Å²) in [6.07, 6.45) is 0.835. The molecule has 1 aromatic carbocycles. The van der Waals surface area contributed by atoms with Crippen molar-refractivity contribution in [3.63, 3.8) is 0 Å². The number of carbonyl (C=O) groups excluding carboxylic acids is 1. The quantitative estimate of drug-likeness (QED) is 0.495. The van der Waals surface area contributed by atoms with Crippen molar-refractivity contribution in [3.8, 4) is 0 Å². The highest BCUT2D eigenvalue weighted by atomic mass is 16.2. The Hall–Kier alpha value is -2.12. The van der Waals surface area contributed by atoms with E-state index in [-0.39, 0.29) is 5.91 Å². The molecule has 0 aliphatic carbocycles. The van der Waals surface area contributed by atoms with Gasteiger partial charge in [-0.25, -0.2) is 0 Å². The molecule has 2 rings (SSSR count). The number of aliphatic imine (C=N–C) groups is 1. The van der Waals surface area contributed by atoms with Crippen LogP contribution < -0.4 is 10.6 Å². The fourth-order valence-corrected chi connectivity index (χ4v) is 3.81. The van der Waals surface area contributed by atoms with Crippen LogP contribution in [0, 0.1) is 5.92 Å². The number of likely N-dealkylation sites (N-methyl/N-ethyl adjacent to an activating group) is 1. The summed E-state index contributed by atoms with van der Waals surface area (Å²) in [4.78, 5) is 23.1. The van der Waals surface area contributed by atoms with Crippen LogP contribution in [-0.4, -0.2) is 100 Å². The lowest BCUT2D eigenvalue weighted by atomic mass is 10.0. The minimum absolute atomic E-state index is 0.0333. The minimum atomic E-state index is 0.0333. The molecule has 1 fully saturated rings. The first-order chi connectivity index (χ1) is 14.3. The second-order valence-corrected chi connectivity index (χ2v) is 8.68. The monoisotopic (exact) mass is 416 g/mol. The number of nitrogens with zero attached hydrogens (tertiary/aromatic N) is 4. The van der Waals surface area contributed by atoms with Crippen molar-refractivity contribution < 1.29 is 4.79 Å². The average Bonchev–Trinajstić information content (AvgIpc) is 2.73. The van der Waals surface area contributed by atoms with Crippen molar-refractivity contribution in [1.29, 1.82) is 0 Å². The SMILES string of the molecule is CN=C(NCCc1cccc(C(=O)N(C)C)c1)NCC(C(C)C)N1CCN(C)CC1. The molecule has 1 heterocycles. The number of nitrogens with one attached hydrogen (secondary N) is 2. The van der Waals surface area contributed by atoms with Crippen molar-refractivity contribution >= 4 is 11.9 Å². The van der Waals surface area contributed by atoms with Gasteiger partial charge >= 0.3 is 0 Å². The van der Waals surface area contributed by atoms with Crippen LogP contribution in [0.1, 0.15) is 29.8 Å². The zero-order valence-corrected chi connectivity index (χ0v) is 19.6. The molecule has 0 aromatic heterocycles. The third-order valence-corrected chi connectivity index (χ3v) is 5.76. The number of carbonyl (C=O) groups is 1. The van der Waals surface area contributed by atoms with E-state index in [4.69, 9.17) is 0 Å². The molecular weight excluding hydrogens is 376 g/mol. The van der Waals surface area contributed by atoms with Crippen LogP contribution in [0.15, 0.2) is 29.3 Å². The number of hydrogen-bond acceptors (Lipinski definition) is 4. The molecular formula is C23H40N6O. The van der Waals surface area contributed by atoms with Gasteiger partial charge < -0.3 is 20.4 Å². The third kappa shape index (κ3) is 7.29. The van der Waals surface area contributed by atoms with E-state index in [1.807, 2.05) is 25.2 Å². The zero-order chi connectivity index (χ0) is 22.1. The van der Waals surface area contributed by atoms with Gasteiger partial charge in [-0.1, -0.05) is 26.0 Å². The summed E-state index contributed by atoms with van der Waals surface area (Å²) in [5, 5.41) is 6.92. The summed E-state index contributed by atoms with van der Waals surface area (Å²) < 4.78 is 0. The van der Waals surface area contributed by atoms with Crippen LogP contribution in [0.2, 0.25) is 0 Å². The van der Waals surface area contributed by atoms with Gasteiger partial charge in [-0.2, -0.15) is 0 Å². The molecule has 7 nitrogen and oxygen atoms in total. The second-order valence-electron chi connectivity index (χ2n) is 8.68. The summed E-state index contributed by atoms with van der Waals surface area (Å²) in [6, 6.07) is 8.34. The van der Waals surface area contributed by atoms with Gasteiger partial charge in [0.1, 0.15) is 0 Å². The Bertz CT molecular complexity index is 695. The number of amides is 1. The smallest absolute Gasteiger partial charge is 0.253 e. The largest absolute Gasteiger partial charge is 0.356 e. The first kappa shape index (κ1) is 24.2. The summed E-state index contributed by atoms with van der Waals surface area (Å²) in [7, 11) is 7.56. The summed E-state index contributed by atoms with van der Waals surface area (Å²) in [6.45, 7) is 10.7. The summed E-state index contributed by atoms with van der Waals surface area (Å²) in [5.41, 5.74) is 1.87. The lowest BCUT2D eigenvalue weighted by molar-refractivity contribution is 0.0827. The van der Waals surface area contributed by atoms with E-state index in [1.165, 1.54) is 0 Å². The van der Waals surface area contributed by atoms with Crippen LogP contribution in [0.3, 0.4) is 0 Å². The molecule has 1 aliphatic heterocycles. The molecule has 1 amide bonds. The van der Waals surface area contributed by atoms with Gasteiger partial charge in [0.25, 0.3) is 5.91 Å². The Balaban J connectivity index is 1.83. The minimum Gasteiger partial charge on any atom is -0.356 e. The fraction of sp³-hybridized carbons (Fsp3) is 0.652. The van der Waals surface area contributed by atoms with Gasteiger partial charge in [0.2, 0.25) is 0 Å². The normalized spacial score (nSPS) is 17.1. The van der Waals surface area contributed by atoms with Gasteiger partial charge in [-0.15, -0.1) is 0 Å². The lowest BCUT2D eigenvalue weighted by Gasteiger charge is -2.40. The van der Waals surface area contributed by atoms with Crippen molar-refractivity contribution in [2.24, 2.45) is 10.9 Å². The van der Waals surface area contributed by atoms with Crippen molar-refractivity contribution in [2.45, 2.75) is 26.3 Å². The molecule has 0 bridgehead atoms. The van der Waals surface area contributed by atoms with Crippen molar-refractivity contribution in [3.05, 3.63) is 35.4 Å². The summed E-state index contributed by atoms with van der Waals surface area (Å²) in [5.74, 6) is 1.44. The molecule has 0 saturated carbocycles. The maximum atomic E-state index is 12.2. The molecule has 168 valence electrons. The maximum Gasteiger partial charge on any atom is 0.253 e. The Labute approximate surface area is 182 Å². The van der Waals surface area contributed by atoms with Crippen LogP contribution in [-0.2, 0) is 6.42 Å². The Morgan fingerprint density at radius 2 is 1.87 bits per heavy atom. The number of piperazine rings is 1. The van der Waals surface area contributed by atoms with Gasteiger partial charge in [0.05, 0.1) is 0 Å².